The molecule has 0 heterocycles. The first-order valence-electron chi connectivity index (χ1n) is 4.57. The fourth-order valence-corrected chi connectivity index (χ4v) is 1.25. The molecule has 0 nitrogen and oxygen atoms in total. The Labute approximate surface area is 79.1 Å². The Balaban J connectivity index is 2.37. The summed E-state index contributed by atoms with van der Waals surface area (Å²) in [5.74, 6) is -0.163. The summed E-state index contributed by atoms with van der Waals surface area (Å²) in [6.45, 7) is 5.87. The van der Waals surface area contributed by atoms with Crippen LogP contribution in [-0.2, 0) is 6.42 Å². The smallest absolute Gasteiger partial charge is 0.123 e. The lowest BCUT2D eigenvalue weighted by Gasteiger charge is -2.00. The lowest BCUT2D eigenvalue weighted by molar-refractivity contribution is 0.626. The third kappa shape index (κ3) is 3.88. The third-order valence-electron chi connectivity index (χ3n) is 1.98. The minimum absolute atomic E-state index is 0.163. The maximum Gasteiger partial charge on any atom is 0.123 e. The van der Waals surface area contributed by atoms with Crippen LogP contribution in [0.4, 0.5) is 4.39 Å². The molecule has 0 aliphatic carbocycles. The van der Waals surface area contributed by atoms with Crippen molar-refractivity contribution in [3.8, 4) is 0 Å². The van der Waals surface area contributed by atoms with Crippen molar-refractivity contribution in [2.75, 3.05) is 0 Å². The molecule has 0 saturated heterocycles. The quantitative estimate of drug-likeness (QED) is 0.616. The van der Waals surface area contributed by atoms with Crippen molar-refractivity contribution in [1.82, 2.24) is 0 Å². The Bertz CT molecular complexity index is 272. The van der Waals surface area contributed by atoms with Gasteiger partial charge in [0, 0.05) is 0 Å². The largest absolute Gasteiger partial charge is 0.207 e. The maximum atomic E-state index is 12.5. The van der Waals surface area contributed by atoms with Crippen LogP contribution in [0.2, 0.25) is 0 Å². The summed E-state index contributed by atoms with van der Waals surface area (Å²) >= 11 is 0. The van der Waals surface area contributed by atoms with Crippen molar-refractivity contribution >= 4 is 0 Å². The molecule has 0 aromatic heterocycles. The van der Waals surface area contributed by atoms with Gasteiger partial charge in [-0.25, -0.2) is 4.39 Å². The van der Waals surface area contributed by atoms with Gasteiger partial charge in [0.15, 0.2) is 0 Å². The molecule has 1 heteroatoms. The molecular weight excluding hydrogens is 163 g/mol. The zero-order valence-corrected chi connectivity index (χ0v) is 8.02. The van der Waals surface area contributed by atoms with Crippen molar-refractivity contribution in [2.24, 2.45) is 0 Å². The van der Waals surface area contributed by atoms with Crippen molar-refractivity contribution in [3.05, 3.63) is 47.8 Å². The zero-order chi connectivity index (χ0) is 9.68. The number of benzene rings is 1. The number of hydrogen-bond donors (Lipinski definition) is 0. The molecule has 13 heavy (non-hydrogen) atoms. The molecule has 1 aromatic carbocycles. The van der Waals surface area contributed by atoms with Crippen LogP contribution in [0.15, 0.2) is 36.4 Å². The van der Waals surface area contributed by atoms with Gasteiger partial charge in [-0.3, -0.25) is 0 Å². The van der Waals surface area contributed by atoms with E-state index in [1.54, 1.807) is 0 Å². The van der Waals surface area contributed by atoms with E-state index in [4.69, 9.17) is 0 Å². The van der Waals surface area contributed by atoms with E-state index < -0.39 is 0 Å². The van der Waals surface area contributed by atoms with E-state index >= 15 is 0 Å². The highest BCUT2D eigenvalue weighted by molar-refractivity contribution is 5.16. The van der Waals surface area contributed by atoms with Gasteiger partial charge in [0.25, 0.3) is 0 Å². The van der Waals surface area contributed by atoms with E-state index in [9.17, 15) is 4.39 Å². The predicted molar refractivity (Wildman–Crippen MR) is 54.2 cm³/mol. The summed E-state index contributed by atoms with van der Waals surface area (Å²) in [5, 5.41) is 0. The summed E-state index contributed by atoms with van der Waals surface area (Å²) in [7, 11) is 0. The lowest BCUT2D eigenvalue weighted by atomic mass is 10.1. The van der Waals surface area contributed by atoms with E-state index in [0.717, 1.165) is 19.3 Å². The average molecular weight is 178 g/mol. The molecule has 0 amide bonds. The van der Waals surface area contributed by atoms with Gasteiger partial charge in [0.05, 0.1) is 0 Å². The molecule has 0 fully saturated rings. The van der Waals surface area contributed by atoms with Crippen LogP contribution in [0.3, 0.4) is 0 Å². The van der Waals surface area contributed by atoms with Gasteiger partial charge in [-0.1, -0.05) is 17.7 Å². The van der Waals surface area contributed by atoms with Crippen LogP contribution >= 0.6 is 0 Å². The second kappa shape index (κ2) is 4.80. The van der Waals surface area contributed by atoms with Crippen LogP contribution in [0.25, 0.3) is 0 Å². The monoisotopic (exact) mass is 178 g/mol. The number of rotatable bonds is 4. The highest BCUT2D eigenvalue weighted by atomic mass is 19.1. The van der Waals surface area contributed by atoms with E-state index in [1.165, 1.54) is 23.3 Å². The van der Waals surface area contributed by atoms with Gasteiger partial charge in [0.1, 0.15) is 5.82 Å². The number of hydrogen-bond acceptors (Lipinski definition) is 0. The van der Waals surface area contributed by atoms with E-state index in [2.05, 4.69) is 6.58 Å². The molecule has 1 aromatic rings. The average Bonchev–Trinajstić information content (AvgIpc) is 2.08. The summed E-state index contributed by atoms with van der Waals surface area (Å²) < 4.78 is 12.5. The Morgan fingerprint density at radius 3 is 2.46 bits per heavy atom. The Kier molecular flexibility index (Phi) is 3.69. The fraction of sp³-hybridized carbons (Fsp3) is 0.333. The van der Waals surface area contributed by atoms with Crippen LogP contribution in [-0.4, -0.2) is 0 Å². The summed E-state index contributed by atoms with van der Waals surface area (Å²) in [4.78, 5) is 0. The van der Waals surface area contributed by atoms with Crippen LogP contribution in [0.1, 0.15) is 25.3 Å². The first-order valence-corrected chi connectivity index (χ1v) is 4.57. The Morgan fingerprint density at radius 2 is 1.92 bits per heavy atom. The van der Waals surface area contributed by atoms with Gasteiger partial charge in [0.2, 0.25) is 0 Å². The fourth-order valence-electron chi connectivity index (χ4n) is 1.25. The molecule has 1 rings (SSSR count). The Morgan fingerprint density at radius 1 is 1.31 bits per heavy atom. The molecule has 0 N–H and O–H groups in total. The Hall–Kier alpha value is -1.11. The minimum atomic E-state index is -0.163. The first kappa shape index (κ1) is 9.97. The molecule has 0 spiro atoms. The normalized spacial score (nSPS) is 10.0. The molecule has 0 atom stereocenters. The van der Waals surface area contributed by atoms with E-state index in [0.29, 0.717) is 0 Å². The van der Waals surface area contributed by atoms with Gasteiger partial charge in [-0.05, 0) is 43.9 Å². The van der Waals surface area contributed by atoms with Crippen LogP contribution in [0, 0.1) is 5.82 Å². The zero-order valence-electron chi connectivity index (χ0n) is 8.02. The molecule has 0 aliphatic rings. The highest BCUT2D eigenvalue weighted by Crippen LogP contribution is 2.09. The van der Waals surface area contributed by atoms with Gasteiger partial charge >= 0.3 is 0 Å². The first-order chi connectivity index (χ1) is 6.18. The van der Waals surface area contributed by atoms with Gasteiger partial charge < -0.3 is 0 Å². The number of allylic oxidation sites excluding steroid dienone is 1. The van der Waals surface area contributed by atoms with Crippen LogP contribution in [0.5, 0.6) is 0 Å². The van der Waals surface area contributed by atoms with Crippen molar-refractivity contribution < 1.29 is 4.39 Å². The number of halogens is 1. The molecule has 0 unspecified atom stereocenters. The summed E-state index contributed by atoms with van der Waals surface area (Å²) in [6, 6.07) is 6.70. The molecule has 0 radical (unpaired) electrons. The second-order valence-electron chi connectivity index (χ2n) is 3.44. The molecule has 0 saturated carbocycles. The summed E-state index contributed by atoms with van der Waals surface area (Å²) in [5.41, 5.74) is 2.41. The molecule has 0 aliphatic heterocycles. The van der Waals surface area contributed by atoms with Crippen molar-refractivity contribution in [2.45, 2.75) is 26.2 Å². The number of aryl methyl sites for hydroxylation is 1. The van der Waals surface area contributed by atoms with Crippen molar-refractivity contribution in [1.29, 1.82) is 0 Å². The molecule has 0 bridgehead atoms. The maximum absolute atomic E-state index is 12.5. The van der Waals surface area contributed by atoms with E-state index in [1.807, 2.05) is 19.1 Å². The van der Waals surface area contributed by atoms with Crippen molar-refractivity contribution in [3.63, 3.8) is 0 Å². The second-order valence-corrected chi connectivity index (χ2v) is 3.44. The summed E-state index contributed by atoms with van der Waals surface area (Å²) in [6.07, 6.45) is 3.16. The predicted octanol–water partition coefficient (Wildman–Crippen LogP) is 3.72. The standard InChI is InChI=1S/C12H15F/c1-10(2)4-3-5-11-6-8-12(13)9-7-11/h6-9H,1,3-5H2,2H3. The van der Waals surface area contributed by atoms with E-state index in [-0.39, 0.29) is 5.82 Å². The van der Waals surface area contributed by atoms with Gasteiger partial charge in [-0.15, -0.1) is 6.58 Å². The molecule has 70 valence electrons. The van der Waals surface area contributed by atoms with Gasteiger partial charge in [-0.2, -0.15) is 0 Å². The lowest BCUT2D eigenvalue weighted by Crippen LogP contribution is -1.86. The SMILES string of the molecule is C=C(C)CCCc1ccc(F)cc1. The third-order valence-corrected chi connectivity index (χ3v) is 1.98. The van der Waals surface area contributed by atoms with Crippen LogP contribution < -0.4 is 0 Å². The highest BCUT2D eigenvalue weighted by Gasteiger charge is 1.94. The topological polar surface area (TPSA) is 0 Å². The molecular formula is C12H15F. The minimum Gasteiger partial charge on any atom is -0.207 e.